The van der Waals surface area contributed by atoms with E-state index in [2.05, 4.69) is 48.1 Å². The van der Waals surface area contributed by atoms with Crippen LogP contribution in [0.3, 0.4) is 0 Å². The minimum atomic E-state index is 0.605. The summed E-state index contributed by atoms with van der Waals surface area (Å²) < 4.78 is 0.605. The fourth-order valence-electron chi connectivity index (χ4n) is 1.67. The van der Waals surface area contributed by atoms with E-state index >= 15 is 0 Å². The van der Waals surface area contributed by atoms with Gasteiger partial charge in [0, 0.05) is 23.8 Å². The maximum Gasteiger partial charge on any atom is 0.183 e. The molecule has 0 atom stereocenters. The van der Waals surface area contributed by atoms with Gasteiger partial charge in [0.05, 0.1) is 6.54 Å². The zero-order valence-electron chi connectivity index (χ0n) is 9.27. The molecule has 0 amide bonds. The second-order valence-electron chi connectivity index (χ2n) is 3.72. The third-order valence-corrected chi connectivity index (χ3v) is 3.54. The van der Waals surface area contributed by atoms with Crippen molar-refractivity contribution in [2.45, 2.75) is 13.5 Å². The minimum Gasteiger partial charge on any atom is -0.369 e. The van der Waals surface area contributed by atoms with Gasteiger partial charge in [0.1, 0.15) is 0 Å². The van der Waals surface area contributed by atoms with Gasteiger partial charge in [-0.15, -0.1) is 11.3 Å². The highest BCUT2D eigenvalue weighted by Crippen LogP contribution is 2.23. The molecule has 84 valence electrons. The van der Waals surface area contributed by atoms with Crippen LogP contribution < -0.4 is 4.90 Å². The normalized spacial score (nSPS) is 10.4. The van der Waals surface area contributed by atoms with Gasteiger partial charge >= 0.3 is 0 Å². The second kappa shape index (κ2) is 4.85. The van der Waals surface area contributed by atoms with Gasteiger partial charge < -0.3 is 4.90 Å². The van der Waals surface area contributed by atoms with Crippen LogP contribution in [0.4, 0.5) is 5.69 Å². The molecule has 0 N–H and O–H groups in total. The van der Waals surface area contributed by atoms with Crippen LogP contribution in [-0.2, 0) is 6.54 Å². The fourth-order valence-corrected chi connectivity index (χ4v) is 2.70. The van der Waals surface area contributed by atoms with Crippen LogP contribution in [0.2, 0.25) is 4.47 Å². The van der Waals surface area contributed by atoms with Crippen molar-refractivity contribution in [1.82, 2.24) is 4.98 Å². The van der Waals surface area contributed by atoms with Gasteiger partial charge in [-0.25, -0.2) is 4.98 Å². The average Bonchev–Trinajstić information content (AvgIpc) is 2.64. The van der Waals surface area contributed by atoms with Crippen molar-refractivity contribution in [2.24, 2.45) is 0 Å². The van der Waals surface area contributed by atoms with E-state index < -0.39 is 0 Å². The van der Waals surface area contributed by atoms with Gasteiger partial charge in [-0.2, -0.15) is 0 Å². The number of benzene rings is 1. The van der Waals surface area contributed by atoms with Crippen LogP contribution >= 0.6 is 22.9 Å². The number of para-hydroxylation sites is 1. The number of anilines is 1. The Morgan fingerprint density at radius 2 is 2.12 bits per heavy atom. The van der Waals surface area contributed by atoms with Gasteiger partial charge in [0.2, 0.25) is 0 Å². The Balaban J connectivity index is 2.14. The van der Waals surface area contributed by atoms with Crippen molar-refractivity contribution in [2.75, 3.05) is 11.9 Å². The summed E-state index contributed by atoms with van der Waals surface area (Å²) in [4.78, 5) is 7.43. The van der Waals surface area contributed by atoms with E-state index in [0.29, 0.717) is 4.47 Å². The monoisotopic (exact) mass is 252 g/mol. The van der Waals surface area contributed by atoms with Crippen molar-refractivity contribution in [1.29, 1.82) is 0 Å². The Hall–Kier alpha value is -1.06. The molecule has 0 saturated carbocycles. The van der Waals surface area contributed by atoms with Gasteiger partial charge in [-0.1, -0.05) is 29.8 Å². The lowest BCUT2D eigenvalue weighted by atomic mass is 10.2. The quantitative estimate of drug-likeness (QED) is 0.827. The molecular weight excluding hydrogens is 240 g/mol. The van der Waals surface area contributed by atoms with Crippen LogP contribution in [0, 0.1) is 6.92 Å². The molecule has 0 saturated heterocycles. The fraction of sp³-hybridized carbons (Fsp3) is 0.250. The smallest absolute Gasteiger partial charge is 0.183 e. The summed E-state index contributed by atoms with van der Waals surface area (Å²) in [5, 5.41) is 0. The number of rotatable bonds is 3. The first-order valence-corrected chi connectivity index (χ1v) is 6.23. The molecule has 2 nitrogen and oxygen atoms in total. The van der Waals surface area contributed by atoms with E-state index in [9.17, 15) is 0 Å². The highest BCUT2D eigenvalue weighted by Gasteiger charge is 2.06. The summed E-state index contributed by atoms with van der Waals surface area (Å²) in [6.07, 6.45) is 1.84. The van der Waals surface area contributed by atoms with Crippen LogP contribution in [0.5, 0.6) is 0 Å². The molecule has 1 aromatic carbocycles. The predicted molar refractivity (Wildman–Crippen MR) is 70.4 cm³/mol. The Kier molecular flexibility index (Phi) is 3.46. The molecule has 16 heavy (non-hydrogen) atoms. The van der Waals surface area contributed by atoms with Crippen LogP contribution in [0.25, 0.3) is 0 Å². The molecule has 2 aromatic rings. The third-order valence-electron chi connectivity index (χ3n) is 2.45. The maximum atomic E-state index is 5.81. The first kappa shape index (κ1) is 11.4. The lowest BCUT2D eigenvalue weighted by Gasteiger charge is -2.20. The van der Waals surface area contributed by atoms with Gasteiger partial charge in [-0.05, 0) is 18.6 Å². The Bertz CT molecular complexity index is 481. The highest BCUT2D eigenvalue weighted by molar-refractivity contribution is 7.15. The summed E-state index contributed by atoms with van der Waals surface area (Å²) in [5.41, 5.74) is 2.52. The summed E-state index contributed by atoms with van der Waals surface area (Å²) in [6.45, 7) is 2.96. The molecule has 0 aliphatic carbocycles. The molecule has 0 aliphatic rings. The average molecular weight is 253 g/mol. The molecule has 0 bridgehead atoms. The molecule has 4 heteroatoms. The van der Waals surface area contributed by atoms with E-state index in [0.717, 1.165) is 6.54 Å². The lowest BCUT2D eigenvalue weighted by molar-refractivity contribution is 0.930. The molecule has 2 rings (SSSR count). The maximum absolute atomic E-state index is 5.81. The number of hydrogen-bond donors (Lipinski definition) is 0. The van der Waals surface area contributed by atoms with Crippen molar-refractivity contribution in [3.05, 3.63) is 45.4 Å². The Morgan fingerprint density at radius 1 is 1.38 bits per heavy atom. The van der Waals surface area contributed by atoms with Crippen LogP contribution in [-0.4, -0.2) is 12.0 Å². The molecule has 0 unspecified atom stereocenters. The van der Waals surface area contributed by atoms with E-state index in [1.54, 1.807) is 0 Å². The largest absolute Gasteiger partial charge is 0.369 e. The number of halogens is 1. The van der Waals surface area contributed by atoms with Crippen molar-refractivity contribution < 1.29 is 0 Å². The first-order chi connectivity index (χ1) is 7.66. The Labute approximate surface area is 105 Å². The van der Waals surface area contributed by atoms with E-state index in [-0.39, 0.29) is 0 Å². The predicted octanol–water partition coefficient (Wildman–Crippen LogP) is 3.74. The molecule has 0 radical (unpaired) electrons. The summed E-state index contributed by atoms with van der Waals surface area (Å²) in [7, 11) is 2.08. The molecule has 1 aromatic heterocycles. The number of aryl methyl sites for hydroxylation is 1. The Morgan fingerprint density at radius 3 is 2.75 bits per heavy atom. The van der Waals surface area contributed by atoms with E-state index in [4.69, 9.17) is 11.6 Å². The molecule has 1 heterocycles. The number of hydrogen-bond acceptors (Lipinski definition) is 3. The highest BCUT2D eigenvalue weighted by atomic mass is 35.5. The van der Waals surface area contributed by atoms with Crippen molar-refractivity contribution in [3.8, 4) is 0 Å². The van der Waals surface area contributed by atoms with E-state index in [1.165, 1.54) is 27.5 Å². The summed E-state index contributed by atoms with van der Waals surface area (Å²) in [5.74, 6) is 0. The topological polar surface area (TPSA) is 16.1 Å². The minimum absolute atomic E-state index is 0.605. The first-order valence-electron chi connectivity index (χ1n) is 5.04. The SMILES string of the molecule is Cc1ccccc1N(C)Cc1cnc(Cl)s1. The number of aromatic nitrogens is 1. The van der Waals surface area contributed by atoms with Gasteiger partial charge in [0.15, 0.2) is 4.47 Å². The molecule has 0 fully saturated rings. The van der Waals surface area contributed by atoms with Crippen molar-refractivity contribution in [3.63, 3.8) is 0 Å². The standard InChI is InChI=1S/C12H13ClN2S/c1-9-5-3-4-6-11(9)15(2)8-10-7-14-12(13)16-10/h3-7H,8H2,1-2H3. The van der Waals surface area contributed by atoms with Crippen LogP contribution in [0.1, 0.15) is 10.4 Å². The number of nitrogens with zero attached hydrogens (tertiary/aromatic N) is 2. The van der Waals surface area contributed by atoms with Gasteiger partial charge in [0.25, 0.3) is 0 Å². The zero-order valence-corrected chi connectivity index (χ0v) is 10.8. The van der Waals surface area contributed by atoms with Crippen molar-refractivity contribution >= 4 is 28.6 Å². The van der Waals surface area contributed by atoms with E-state index in [1.807, 2.05) is 6.20 Å². The zero-order chi connectivity index (χ0) is 11.5. The molecule has 0 aliphatic heterocycles. The summed E-state index contributed by atoms with van der Waals surface area (Å²) >= 11 is 7.34. The second-order valence-corrected chi connectivity index (χ2v) is 5.42. The van der Waals surface area contributed by atoms with Crippen LogP contribution in [0.15, 0.2) is 30.5 Å². The lowest BCUT2D eigenvalue weighted by Crippen LogP contribution is -2.16. The molecule has 0 spiro atoms. The summed E-state index contributed by atoms with van der Waals surface area (Å²) in [6, 6.07) is 8.35. The van der Waals surface area contributed by atoms with Gasteiger partial charge in [-0.3, -0.25) is 0 Å². The third kappa shape index (κ3) is 2.54. The molecular formula is C12H13ClN2S. The number of thiazole rings is 1.